The van der Waals surface area contributed by atoms with Gasteiger partial charge in [0, 0.05) is 12.6 Å². The second-order valence-electron chi connectivity index (χ2n) is 5.33. The summed E-state index contributed by atoms with van der Waals surface area (Å²) in [4.78, 5) is 24.6. The number of nitrogens with zero attached hydrogens (tertiary/aromatic N) is 1. The van der Waals surface area contributed by atoms with Crippen LogP contribution in [0.3, 0.4) is 0 Å². The Balaban J connectivity index is 1.88. The van der Waals surface area contributed by atoms with Crippen LogP contribution in [0.1, 0.15) is 51.4 Å². The number of carbonyl (C=O) groups is 2. The van der Waals surface area contributed by atoms with E-state index >= 15 is 0 Å². The summed E-state index contributed by atoms with van der Waals surface area (Å²) in [6.45, 7) is 0.565. The van der Waals surface area contributed by atoms with E-state index in [0.29, 0.717) is 13.0 Å². The normalized spacial score (nSPS) is 25.8. The topological polar surface area (TPSA) is 69.6 Å². The van der Waals surface area contributed by atoms with Crippen LogP contribution < -0.4 is 5.32 Å². The molecule has 1 heterocycles. The van der Waals surface area contributed by atoms with Gasteiger partial charge in [0.15, 0.2) is 0 Å². The molecule has 1 aliphatic carbocycles. The van der Waals surface area contributed by atoms with Crippen molar-refractivity contribution in [2.45, 2.75) is 63.5 Å². The zero-order valence-corrected chi connectivity index (χ0v) is 10.7. The van der Waals surface area contributed by atoms with Gasteiger partial charge < -0.3 is 15.3 Å². The fourth-order valence-corrected chi connectivity index (χ4v) is 2.95. The fraction of sp³-hybridized carbons (Fsp3) is 0.846. The molecule has 0 spiro atoms. The summed E-state index contributed by atoms with van der Waals surface area (Å²) in [7, 11) is 0. The largest absolute Gasteiger partial charge is 0.480 e. The number of amides is 2. The van der Waals surface area contributed by atoms with Crippen LogP contribution in [0.2, 0.25) is 0 Å². The summed E-state index contributed by atoms with van der Waals surface area (Å²) in [5, 5.41) is 12.1. The van der Waals surface area contributed by atoms with E-state index in [0.717, 1.165) is 32.1 Å². The number of carboxylic acid groups (broad SMARTS) is 1. The second kappa shape index (κ2) is 6.07. The first-order chi connectivity index (χ1) is 8.68. The maximum Gasteiger partial charge on any atom is 0.326 e. The zero-order valence-electron chi connectivity index (χ0n) is 10.7. The average molecular weight is 254 g/mol. The van der Waals surface area contributed by atoms with Crippen molar-refractivity contribution < 1.29 is 14.7 Å². The van der Waals surface area contributed by atoms with E-state index in [1.165, 1.54) is 17.7 Å². The van der Waals surface area contributed by atoms with Crippen molar-refractivity contribution in [3.05, 3.63) is 0 Å². The van der Waals surface area contributed by atoms with Crippen LogP contribution in [-0.2, 0) is 4.79 Å². The molecule has 0 unspecified atom stereocenters. The highest BCUT2D eigenvalue weighted by molar-refractivity contribution is 5.83. The summed E-state index contributed by atoms with van der Waals surface area (Å²) in [5.41, 5.74) is 0. The van der Waals surface area contributed by atoms with Crippen LogP contribution in [0.4, 0.5) is 4.79 Å². The molecule has 2 fully saturated rings. The number of likely N-dealkylation sites (tertiary alicyclic amines) is 1. The van der Waals surface area contributed by atoms with E-state index in [4.69, 9.17) is 5.11 Å². The first-order valence-electron chi connectivity index (χ1n) is 6.98. The van der Waals surface area contributed by atoms with Gasteiger partial charge in [0.25, 0.3) is 0 Å². The third-order valence-corrected chi connectivity index (χ3v) is 3.98. The molecule has 1 atom stereocenters. The number of urea groups is 1. The Morgan fingerprint density at radius 1 is 1.00 bits per heavy atom. The van der Waals surface area contributed by atoms with Crippen molar-refractivity contribution in [3.63, 3.8) is 0 Å². The van der Waals surface area contributed by atoms with E-state index in [1.54, 1.807) is 0 Å². The van der Waals surface area contributed by atoms with Crippen molar-refractivity contribution in [1.82, 2.24) is 10.2 Å². The van der Waals surface area contributed by atoms with Gasteiger partial charge in [-0.2, -0.15) is 0 Å². The number of rotatable bonds is 2. The minimum absolute atomic E-state index is 0.188. The van der Waals surface area contributed by atoms with Gasteiger partial charge in [0.05, 0.1) is 0 Å². The quantitative estimate of drug-likeness (QED) is 0.740. The van der Waals surface area contributed by atoms with Crippen LogP contribution in [0, 0.1) is 0 Å². The van der Waals surface area contributed by atoms with E-state index in [1.807, 2.05) is 0 Å². The molecule has 1 aliphatic heterocycles. The Hall–Kier alpha value is -1.26. The third-order valence-electron chi connectivity index (χ3n) is 3.98. The van der Waals surface area contributed by atoms with Crippen molar-refractivity contribution in [2.75, 3.05) is 6.54 Å². The Kier molecular flexibility index (Phi) is 4.44. The molecule has 18 heavy (non-hydrogen) atoms. The molecular formula is C13H22N2O3. The first-order valence-corrected chi connectivity index (χ1v) is 6.98. The standard InChI is InChI=1S/C13H22N2O3/c16-12(17)11-8-5-9-15(11)13(18)14-10-6-3-1-2-4-7-10/h10-11H,1-9H2,(H,14,18)(H,16,17)/t11-/m0/s1. The molecule has 0 aromatic rings. The summed E-state index contributed by atoms with van der Waals surface area (Å²) >= 11 is 0. The van der Waals surface area contributed by atoms with Gasteiger partial charge in [-0.1, -0.05) is 25.7 Å². The lowest BCUT2D eigenvalue weighted by Gasteiger charge is -2.25. The second-order valence-corrected chi connectivity index (χ2v) is 5.33. The monoisotopic (exact) mass is 254 g/mol. The molecule has 2 N–H and O–H groups in total. The Labute approximate surface area is 108 Å². The highest BCUT2D eigenvalue weighted by atomic mass is 16.4. The summed E-state index contributed by atoms with van der Waals surface area (Å²) in [6.07, 6.45) is 8.22. The van der Waals surface area contributed by atoms with Crippen LogP contribution in [0.15, 0.2) is 0 Å². The Bertz CT molecular complexity index is 311. The molecule has 2 amide bonds. The number of carbonyl (C=O) groups excluding carboxylic acids is 1. The fourth-order valence-electron chi connectivity index (χ4n) is 2.95. The molecule has 2 rings (SSSR count). The number of aliphatic carboxylic acids is 1. The molecule has 1 saturated heterocycles. The van der Waals surface area contributed by atoms with E-state index in [-0.39, 0.29) is 12.1 Å². The molecule has 0 bridgehead atoms. The van der Waals surface area contributed by atoms with Gasteiger partial charge in [-0.15, -0.1) is 0 Å². The number of carboxylic acids is 1. The molecule has 0 radical (unpaired) electrons. The minimum Gasteiger partial charge on any atom is -0.480 e. The molecule has 1 saturated carbocycles. The minimum atomic E-state index is -0.886. The lowest BCUT2D eigenvalue weighted by Crippen LogP contribution is -2.49. The van der Waals surface area contributed by atoms with Crippen LogP contribution in [-0.4, -0.2) is 40.6 Å². The lowest BCUT2D eigenvalue weighted by molar-refractivity contribution is -0.141. The highest BCUT2D eigenvalue weighted by Crippen LogP contribution is 2.20. The average Bonchev–Trinajstić information content (AvgIpc) is 2.70. The lowest BCUT2D eigenvalue weighted by atomic mass is 10.1. The van der Waals surface area contributed by atoms with Gasteiger partial charge in [0.1, 0.15) is 6.04 Å². The number of hydrogen-bond acceptors (Lipinski definition) is 2. The van der Waals surface area contributed by atoms with Crippen LogP contribution in [0.25, 0.3) is 0 Å². The Morgan fingerprint density at radius 2 is 1.67 bits per heavy atom. The van der Waals surface area contributed by atoms with Crippen molar-refractivity contribution in [2.24, 2.45) is 0 Å². The highest BCUT2D eigenvalue weighted by Gasteiger charge is 2.34. The summed E-state index contributed by atoms with van der Waals surface area (Å²) < 4.78 is 0. The first kappa shape index (κ1) is 13.2. The van der Waals surface area contributed by atoms with Crippen LogP contribution >= 0.6 is 0 Å². The molecule has 5 nitrogen and oxygen atoms in total. The predicted octanol–water partition coefficient (Wildman–Crippen LogP) is 1.97. The molecule has 5 heteroatoms. The Morgan fingerprint density at radius 3 is 2.28 bits per heavy atom. The smallest absolute Gasteiger partial charge is 0.326 e. The predicted molar refractivity (Wildman–Crippen MR) is 67.4 cm³/mol. The molecular weight excluding hydrogens is 232 g/mol. The van der Waals surface area contributed by atoms with E-state index in [9.17, 15) is 9.59 Å². The van der Waals surface area contributed by atoms with Crippen LogP contribution in [0.5, 0.6) is 0 Å². The molecule has 0 aromatic heterocycles. The van der Waals surface area contributed by atoms with Crippen molar-refractivity contribution in [3.8, 4) is 0 Å². The third kappa shape index (κ3) is 3.15. The molecule has 102 valence electrons. The van der Waals surface area contributed by atoms with Gasteiger partial charge in [-0.3, -0.25) is 0 Å². The zero-order chi connectivity index (χ0) is 13.0. The van der Waals surface area contributed by atoms with Crippen molar-refractivity contribution >= 4 is 12.0 Å². The maximum absolute atomic E-state index is 12.1. The summed E-state index contributed by atoms with van der Waals surface area (Å²) in [5.74, 6) is -0.886. The van der Waals surface area contributed by atoms with E-state index < -0.39 is 12.0 Å². The molecule has 2 aliphatic rings. The van der Waals surface area contributed by atoms with Gasteiger partial charge >= 0.3 is 12.0 Å². The van der Waals surface area contributed by atoms with Gasteiger partial charge in [-0.05, 0) is 25.7 Å². The van der Waals surface area contributed by atoms with E-state index in [2.05, 4.69) is 5.32 Å². The number of hydrogen-bond donors (Lipinski definition) is 2. The van der Waals surface area contributed by atoms with Gasteiger partial charge in [-0.25, -0.2) is 9.59 Å². The molecule has 0 aromatic carbocycles. The summed E-state index contributed by atoms with van der Waals surface area (Å²) in [6, 6.07) is -0.586. The number of nitrogens with one attached hydrogen (secondary N) is 1. The van der Waals surface area contributed by atoms with Crippen molar-refractivity contribution in [1.29, 1.82) is 0 Å². The maximum atomic E-state index is 12.1. The van der Waals surface area contributed by atoms with Gasteiger partial charge in [0.2, 0.25) is 0 Å². The SMILES string of the molecule is O=C(O)[C@@H]1CCCN1C(=O)NC1CCCCCC1.